The molecule has 2 N–H and O–H groups in total. The van der Waals surface area contributed by atoms with E-state index in [9.17, 15) is 0 Å². The molecular formula is C17H28N2. The van der Waals surface area contributed by atoms with E-state index in [2.05, 4.69) is 44.0 Å². The van der Waals surface area contributed by atoms with Crippen molar-refractivity contribution in [3.8, 4) is 0 Å². The Balaban J connectivity index is 2.08. The van der Waals surface area contributed by atoms with E-state index in [1.807, 2.05) is 0 Å². The lowest BCUT2D eigenvalue weighted by molar-refractivity contribution is 0.340. The van der Waals surface area contributed by atoms with Crippen LogP contribution < -0.4 is 10.6 Å². The summed E-state index contributed by atoms with van der Waals surface area (Å²) < 4.78 is 0. The largest absolute Gasteiger partial charge is 0.371 e. The maximum Gasteiger partial charge on any atom is 0.0396 e. The van der Waals surface area contributed by atoms with Gasteiger partial charge in [-0.25, -0.2) is 0 Å². The summed E-state index contributed by atoms with van der Waals surface area (Å²) in [5.74, 6) is 0.915. The van der Waals surface area contributed by atoms with Crippen LogP contribution in [0.3, 0.4) is 0 Å². The normalized spacial score (nSPS) is 23.4. The molecule has 1 fully saturated rings. The zero-order valence-corrected chi connectivity index (χ0v) is 12.7. The maximum absolute atomic E-state index is 5.63. The summed E-state index contributed by atoms with van der Waals surface area (Å²) in [4.78, 5) is 2.49. The van der Waals surface area contributed by atoms with Crippen LogP contribution in [0.2, 0.25) is 0 Å². The summed E-state index contributed by atoms with van der Waals surface area (Å²) in [7, 11) is 2.26. The molecule has 2 heteroatoms. The molecule has 19 heavy (non-hydrogen) atoms. The molecule has 1 aromatic carbocycles. The lowest BCUT2D eigenvalue weighted by atomic mass is 9.86. The van der Waals surface area contributed by atoms with Crippen LogP contribution in [0, 0.1) is 12.8 Å². The molecule has 0 amide bonds. The van der Waals surface area contributed by atoms with Gasteiger partial charge >= 0.3 is 0 Å². The summed E-state index contributed by atoms with van der Waals surface area (Å²) in [5, 5.41) is 0. The van der Waals surface area contributed by atoms with Crippen LogP contribution in [0.5, 0.6) is 0 Å². The second-order valence-electron chi connectivity index (χ2n) is 6.18. The molecule has 0 radical (unpaired) electrons. The third-order valence-electron chi connectivity index (χ3n) is 4.61. The predicted octanol–water partition coefficient (Wildman–Crippen LogP) is 3.51. The Kier molecular flexibility index (Phi) is 4.87. The van der Waals surface area contributed by atoms with E-state index in [-0.39, 0.29) is 0 Å². The van der Waals surface area contributed by atoms with Crippen molar-refractivity contribution in [1.82, 2.24) is 0 Å². The third-order valence-corrected chi connectivity index (χ3v) is 4.61. The van der Waals surface area contributed by atoms with Gasteiger partial charge in [-0.15, -0.1) is 0 Å². The quantitative estimate of drug-likeness (QED) is 0.897. The van der Waals surface area contributed by atoms with Crippen molar-refractivity contribution >= 4 is 5.69 Å². The van der Waals surface area contributed by atoms with Crippen molar-refractivity contribution in [1.29, 1.82) is 0 Å². The fourth-order valence-electron chi connectivity index (χ4n) is 3.26. The van der Waals surface area contributed by atoms with E-state index < -0.39 is 0 Å². The molecule has 1 aromatic rings. The molecule has 0 heterocycles. The molecule has 0 atom stereocenters. The Morgan fingerprint density at radius 1 is 1.21 bits per heavy atom. The Labute approximate surface area is 118 Å². The zero-order valence-electron chi connectivity index (χ0n) is 12.7. The van der Waals surface area contributed by atoms with Gasteiger partial charge in [-0.05, 0) is 68.7 Å². The highest BCUT2D eigenvalue weighted by Crippen LogP contribution is 2.31. The highest BCUT2D eigenvalue weighted by Gasteiger charge is 2.22. The first kappa shape index (κ1) is 14.4. The first-order valence-electron chi connectivity index (χ1n) is 7.64. The molecule has 0 unspecified atom stereocenters. The number of nitrogens with two attached hydrogens (primary N) is 1. The minimum absolute atomic E-state index is 0.718. The molecular weight excluding hydrogens is 232 g/mol. The van der Waals surface area contributed by atoms with E-state index in [4.69, 9.17) is 5.73 Å². The molecule has 1 saturated carbocycles. The topological polar surface area (TPSA) is 29.3 Å². The molecule has 1 aliphatic rings. The van der Waals surface area contributed by atoms with Gasteiger partial charge in [0.25, 0.3) is 0 Å². The van der Waals surface area contributed by atoms with Crippen molar-refractivity contribution < 1.29 is 0 Å². The Morgan fingerprint density at radius 2 is 1.89 bits per heavy atom. The maximum atomic E-state index is 5.63. The van der Waals surface area contributed by atoms with E-state index in [1.165, 1.54) is 42.5 Å². The monoisotopic (exact) mass is 260 g/mol. The second-order valence-corrected chi connectivity index (χ2v) is 6.18. The fraction of sp³-hybridized carbons (Fsp3) is 0.647. The lowest BCUT2D eigenvalue weighted by Crippen LogP contribution is -2.35. The molecule has 2 nitrogen and oxygen atoms in total. The van der Waals surface area contributed by atoms with Crippen LogP contribution in [0.1, 0.15) is 43.7 Å². The fourth-order valence-corrected chi connectivity index (χ4v) is 3.26. The van der Waals surface area contributed by atoms with E-state index in [1.54, 1.807) is 0 Å². The van der Waals surface area contributed by atoms with Crippen molar-refractivity contribution in [2.45, 2.75) is 52.0 Å². The SMILES string of the molecule is Cc1cc(CCN)ccc1N(C)C1CCC(C)CC1. The van der Waals surface area contributed by atoms with Gasteiger partial charge in [0.2, 0.25) is 0 Å². The van der Waals surface area contributed by atoms with Gasteiger partial charge in [-0.2, -0.15) is 0 Å². The number of rotatable bonds is 4. The van der Waals surface area contributed by atoms with Crippen LogP contribution in [0.4, 0.5) is 5.69 Å². The van der Waals surface area contributed by atoms with Gasteiger partial charge in [0, 0.05) is 18.8 Å². The van der Waals surface area contributed by atoms with Gasteiger partial charge in [0.15, 0.2) is 0 Å². The molecule has 0 spiro atoms. The Morgan fingerprint density at radius 3 is 2.47 bits per heavy atom. The number of nitrogens with zero attached hydrogens (tertiary/aromatic N) is 1. The molecule has 0 aliphatic heterocycles. The summed E-state index contributed by atoms with van der Waals surface area (Å²) in [6, 6.07) is 7.52. The number of hydrogen-bond donors (Lipinski definition) is 1. The molecule has 2 rings (SSSR count). The molecule has 0 bridgehead atoms. The molecule has 1 aliphatic carbocycles. The van der Waals surface area contributed by atoms with Crippen molar-refractivity contribution in [2.75, 3.05) is 18.5 Å². The molecule has 0 aromatic heterocycles. The summed E-state index contributed by atoms with van der Waals surface area (Å²) in [6.07, 6.45) is 6.40. The van der Waals surface area contributed by atoms with E-state index in [0.717, 1.165) is 24.9 Å². The van der Waals surface area contributed by atoms with E-state index >= 15 is 0 Å². The minimum atomic E-state index is 0.718. The number of benzene rings is 1. The average Bonchev–Trinajstić information content (AvgIpc) is 2.39. The number of aryl methyl sites for hydroxylation is 1. The first-order valence-corrected chi connectivity index (χ1v) is 7.64. The summed E-state index contributed by atoms with van der Waals surface area (Å²) >= 11 is 0. The number of hydrogen-bond acceptors (Lipinski definition) is 2. The summed E-state index contributed by atoms with van der Waals surface area (Å²) in [6.45, 7) is 5.33. The molecule has 106 valence electrons. The van der Waals surface area contributed by atoms with Crippen LogP contribution in [0.15, 0.2) is 18.2 Å². The van der Waals surface area contributed by atoms with Crippen molar-refractivity contribution in [2.24, 2.45) is 11.7 Å². The minimum Gasteiger partial charge on any atom is -0.371 e. The van der Waals surface area contributed by atoms with Crippen molar-refractivity contribution in [3.05, 3.63) is 29.3 Å². The number of anilines is 1. The van der Waals surface area contributed by atoms with E-state index in [0.29, 0.717) is 0 Å². The highest BCUT2D eigenvalue weighted by molar-refractivity contribution is 5.54. The first-order chi connectivity index (χ1) is 9.11. The summed E-state index contributed by atoms with van der Waals surface area (Å²) in [5.41, 5.74) is 9.75. The van der Waals surface area contributed by atoms with Crippen LogP contribution in [-0.4, -0.2) is 19.6 Å². The van der Waals surface area contributed by atoms with Gasteiger partial charge in [-0.3, -0.25) is 0 Å². The Bertz CT molecular complexity index is 406. The molecule has 0 saturated heterocycles. The van der Waals surface area contributed by atoms with Gasteiger partial charge < -0.3 is 10.6 Å². The lowest BCUT2D eigenvalue weighted by Gasteiger charge is -2.36. The third kappa shape index (κ3) is 3.50. The van der Waals surface area contributed by atoms with Gasteiger partial charge in [-0.1, -0.05) is 19.1 Å². The van der Waals surface area contributed by atoms with Crippen LogP contribution in [0.25, 0.3) is 0 Å². The van der Waals surface area contributed by atoms with Crippen molar-refractivity contribution in [3.63, 3.8) is 0 Å². The zero-order chi connectivity index (χ0) is 13.8. The smallest absolute Gasteiger partial charge is 0.0396 e. The van der Waals surface area contributed by atoms with Crippen LogP contribution in [-0.2, 0) is 6.42 Å². The second kappa shape index (κ2) is 6.42. The van der Waals surface area contributed by atoms with Gasteiger partial charge in [0.05, 0.1) is 0 Å². The van der Waals surface area contributed by atoms with Gasteiger partial charge in [0.1, 0.15) is 0 Å². The highest BCUT2D eigenvalue weighted by atomic mass is 15.1. The standard InChI is InChI=1S/C17H28N2/c1-13-4-7-16(8-5-13)19(3)17-9-6-15(10-11-18)12-14(17)2/h6,9,12-13,16H,4-5,7-8,10-11,18H2,1-3H3. The average molecular weight is 260 g/mol. The van der Waals surface area contributed by atoms with Crippen LogP contribution >= 0.6 is 0 Å². The predicted molar refractivity (Wildman–Crippen MR) is 83.8 cm³/mol. The Hall–Kier alpha value is -1.02.